The predicted molar refractivity (Wildman–Crippen MR) is 84.5 cm³/mol. The molecule has 0 bridgehead atoms. The standard InChI is InChI=1S/C8H16N2O2S5/c1-3-5(7(9)11)13-15-17-16-14-6(4-2)8(10)12/h5-6H,3-4H2,1-2H3,(H2,9,11)(H2,10,12). The number of hydrogen-bond donors (Lipinski definition) is 2. The molecule has 4 nitrogen and oxygen atoms in total. The van der Waals surface area contributed by atoms with Gasteiger partial charge in [0.05, 0.1) is 10.5 Å². The average Bonchev–Trinajstić information content (AvgIpc) is 2.27. The highest BCUT2D eigenvalue weighted by atomic mass is 33.8. The minimum Gasteiger partial charge on any atom is -0.369 e. The molecule has 2 unspecified atom stereocenters. The molecule has 4 N–H and O–H groups in total. The van der Waals surface area contributed by atoms with Gasteiger partial charge in [-0.1, -0.05) is 35.4 Å². The number of carbonyl (C=O) groups excluding carboxylic acids is 2. The van der Waals surface area contributed by atoms with Gasteiger partial charge >= 0.3 is 0 Å². The third kappa shape index (κ3) is 8.41. The quantitative estimate of drug-likeness (QED) is 0.470. The Kier molecular flexibility index (Phi) is 11.0. The SMILES string of the molecule is CCC(SSSSSC(CC)C(N)=O)C(N)=O. The lowest BCUT2D eigenvalue weighted by molar-refractivity contribution is -0.118. The monoisotopic (exact) mass is 332 g/mol. The summed E-state index contributed by atoms with van der Waals surface area (Å²) in [4.78, 5) is 21.9. The van der Waals surface area contributed by atoms with Crippen molar-refractivity contribution < 1.29 is 9.59 Å². The van der Waals surface area contributed by atoms with Gasteiger partial charge in [-0.2, -0.15) is 0 Å². The van der Waals surface area contributed by atoms with E-state index in [2.05, 4.69) is 0 Å². The zero-order valence-corrected chi connectivity index (χ0v) is 13.7. The maximum Gasteiger partial charge on any atom is 0.231 e. The Hall–Kier alpha value is 0.690. The van der Waals surface area contributed by atoms with Gasteiger partial charge in [-0.3, -0.25) is 9.59 Å². The number of carbonyl (C=O) groups is 2. The second kappa shape index (κ2) is 10.6. The predicted octanol–water partition coefficient (Wildman–Crippen LogP) is 2.84. The Morgan fingerprint density at radius 2 is 1.24 bits per heavy atom. The number of nitrogens with two attached hydrogens (primary N) is 2. The number of amides is 2. The molecule has 0 saturated heterocycles. The highest BCUT2D eigenvalue weighted by Crippen LogP contribution is 2.51. The molecule has 0 aromatic carbocycles. The normalized spacial score (nSPS) is 14.2. The average molecular weight is 333 g/mol. The number of rotatable bonds is 10. The molecular formula is C8H16N2O2S5. The first-order chi connectivity index (χ1) is 8.02. The summed E-state index contributed by atoms with van der Waals surface area (Å²) in [5, 5.41) is -0.313. The minimum absolute atomic E-state index is 0.156. The largest absolute Gasteiger partial charge is 0.369 e. The molecule has 0 aliphatic carbocycles. The fourth-order valence-corrected chi connectivity index (χ4v) is 10.4. The lowest BCUT2D eigenvalue weighted by atomic mass is 10.3. The van der Waals surface area contributed by atoms with Crippen molar-refractivity contribution in [2.45, 2.75) is 37.2 Å². The second-order valence-electron chi connectivity index (χ2n) is 3.00. The van der Waals surface area contributed by atoms with E-state index < -0.39 is 0 Å². The van der Waals surface area contributed by atoms with Crippen molar-refractivity contribution in [2.75, 3.05) is 0 Å². The molecule has 2 atom stereocenters. The highest BCUT2D eigenvalue weighted by molar-refractivity contribution is 9.35. The van der Waals surface area contributed by atoms with Crippen LogP contribution in [-0.2, 0) is 9.59 Å². The van der Waals surface area contributed by atoms with Crippen LogP contribution >= 0.6 is 51.1 Å². The van der Waals surface area contributed by atoms with Gasteiger partial charge in [0.2, 0.25) is 11.8 Å². The summed E-state index contributed by atoms with van der Waals surface area (Å²) in [5.74, 6) is -0.571. The molecule has 0 aromatic heterocycles. The van der Waals surface area contributed by atoms with Gasteiger partial charge in [0.15, 0.2) is 0 Å². The molecule has 100 valence electrons. The van der Waals surface area contributed by atoms with Crippen LogP contribution in [0.3, 0.4) is 0 Å². The Balaban J connectivity index is 3.64. The van der Waals surface area contributed by atoms with Gasteiger partial charge in [0, 0.05) is 0 Å². The van der Waals surface area contributed by atoms with Gasteiger partial charge in [-0.15, -0.1) is 0 Å². The molecule has 17 heavy (non-hydrogen) atoms. The van der Waals surface area contributed by atoms with E-state index in [4.69, 9.17) is 11.5 Å². The minimum atomic E-state index is -0.285. The third-order valence-corrected chi connectivity index (χ3v) is 11.2. The molecular weight excluding hydrogens is 316 g/mol. The Morgan fingerprint density at radius 1 is 0.882 bits per heavy atom. The van der Waals surface area contributed by atoms with Crippen LogP contribution in [-0.4, -0.2) is 22.3 Å². The van der Waals surface area contributed by atoms with Crippen molar-refractivity contribution >= 4 is 62.9 Å². The van der Waals surface area contributed by atoms with Gasteiger partial charge < -0.3 is 11.5 Å². The molecule has 0 aliphatic heterocycles. The van der Waals surface area contributed by atoms with E-state index in [-0.39, 0.29) is 22.3 Å². The van der Waals surface area contributed by atoms with E-state index in [1.165, 1.54) is 51.1 Å². The van der Waals surface area contributed by atoms with E-state index >= 15 is 0 Å². The van der Waals surface area contributed by atoms with Crippen LogP contribution in [0.2, 0.25) is 0 Å². The summed E-state index contributed by atoms with van der Waals surface area (Å²) in [6.07, 6.45) is 1.45. The zero-order chi connectivity index (χ0) is 13.3. The lowest BCUT2D eigenvalue weighted by Crippen LogP contribution is -2.24. The third-order valence-electron chi connectivity index (χ3n) is 1.74. The van der Waals surface area contributed by atoms with Gasteiger partial charge in [-0.25, -0.2) is 0 Å². The van der Waals surface area contributed by atoms with E-state index in [9.17, 15) is 9.59 Å². The van der Waals surface area contributed by atoms with Crippen LogP contribution in [0.25, 0.3) is 0 Å². The molecule has 0 aromatic rings. The summed E-state index contributed by atoms with van der Waals surface area (Å²) >= 11 is 0. The van der Waals surface area contributed by atoms with Gasteiger partial charge in [-0.05, 0) is 42.3 Å². The maximum atomic E-state index is 10.9. The van der Waals surface area contributed by atoms with Crippen molar-refractivity contribution in [3.63, 3.8) is 0 Å². The smallest absolute Gasteiger partial charge is 0.231 e. The Labute approximate surface area is 121 Å². The molecule has 0 aliphatic rings. The number of primary amides is 2. The van der Waals surface area contributed by atoms with Crippen LogP contribution < -0.4 is 11.5 Å². The van der Waals surface area contributed by atoms with Crippen molar-refractivity contribution in [2.24, 2.45) is 11.5 Å². The molecule has 2 amide bonds. The molecule has 0 radical (unpaired) electrons. The summed E-state index contributed by atoms with van der Waals surface area (Å²) in [5.41, 5.74) is 10.4. The molecule has 0 fully saturated rings. The Bertz CT molecular complexity index is 230. The summed E-state index contributed by atoms with van der Waals surface area (Å²) in [6, 6.07) is 0. The van der Waals surface area contributed by atoms with Crippen molar-refractivity contribution in [1.82, 2.24) is 0 Å². The summed E-state index contributed by atoms with van der Waals surface area (Å²) in [6.45, 7) is 3.85. The summed E-state index contributed by atoms with van der Waals surface area (Å²) < 4.78 is 0. The molecule has 0 saturated carbocycles. The van der Waals surface area contributed by atoms with Crippen LogP contribution in [0.4, 0.5) is 0 Å². The molecule has 0 rings (SSSR count). The van der Waals surface area contributed by atoms with Gasteiger partial charge in [0.25, 0.3) is 0 Å². The van der Waals surface area contributed by atoms with E-state index in [0.717, 1.165) is 12.8 Å². The first-order valence-corrected chi connectivity index (χ1v) is 11.2. The van der Waals surface area contributed by atoms with Crippen molar-refractivity contribution in [1.29, 1.82) is 0 Å². The molecule has 9 heteroatoms. The van der Waals surface area contributed by atoms with E-state index in [0.29, 0.717) is 0 Å². The van der Waals surface area contributed by atoms with Crippen molar-refractivity contribution in [3.05, 3.63) is 0 Å². The maximum absolute atomic E-state index is 10.9. The topological polar surface area (TPSA) is 86.2 Å². The van der Waals surface area contributed by atoms with Crippen LogP contribution in [0.15, 0.2) is 0 Å². The van der Waals surface area contributed by atoms with E-state index in [1.807, 2.05) is 13.8 Å². The Morgan fingerprint density at radius 3 is 1.47 bits per heavy atom. The fourth-order valence-electron chi connectivity index (χ4n) is 0.772. The van der Waals surface area contributed by atoms with Gasteiger partial charge in [0.1, 0.15) is 0 Å². The molecule has 0 heterocycles. The fraction of sp³-hybridized carbons (Fsp3) is 0.750. The first-order valence-electron chi connectivity index (χ1n) is 4.93. The zero-order valence-electron chi connectivity index (χ0n) is 9.58. The molecule has 0 spiro atoms. The van der Waals surface area contributed by atoms with Crippen LogP contribution in [0.5, 0.6) is 0 Å². The lowest BCUT2D eigenvalue weighted by Gasteiger charge is -2.10. The highest BCUT2D eigenvalue weighted by Gasteiger charge is 2.16. The van der Waals surface area contributed by atoms with E-state index in [1.54, 1.807) is 0 Å². The van der Waals surface area contributed by atoms with Crippen molar-refractivity contribution in [3.8, 4) is 0 Å². The second-order valence-corrected chi connectivity index (χ2v) is 11.0. The van der Waals surface area contributed by atoms with Crippen LogP contribution in [0, 0.1) is 0 Å². The number of hydrogen-bond acceptors (Lipinski definition) is 7. The van der Waals surface area contributed by atoms with Crippen LogP contribution in [0.1, 0.15) is 26.7 Å². The first kappa shape index (κ1) is 17.7. The summed E-state index contributed by atoms with van der Waals surface area (Å²) in [7, 11) is 7.43.